The van der Waals surface area contributed by atoms with Crippen LogP contribution in [0, 0.1) is 0 Å². The Morgan fingerprint density at radius 2 is 0.917 bits per heavy atom. The van der Waals surface area contributed by atoms with Crippen LogP contribution >= 0.6 is 0 Å². The zero-order valence-electron chi connectivity index (χ0n) is 20.7. The summed E-state index contributed by atoms with van der Waals surface area (Å²) < 4.78 is 0. The molecular weight excluding hydrogens is 432 g/mol. The number of aryl methyl sites for hydroxylation is 1. The van der Waals surface area contributed by atoms with Crippen molar-refractivity contribution < 1.29 is 0 Å². The van der Waals surface area contributed by atoms with Gasteiger partial charge in [-0.3, -0.25) is 0 Å². The van der Waals surface area contributed by atoms with E-state index in [4.69, 9.17) is 0 Å². The van der Waals surface area contributed by atoms with Crippen LogP contribution in [0.4, 0.5) is 0 Å². The van der Waals surface area contributed by atoms with E-state index in [1.165, 1.54) is 52.6 Å². The van der Waals surface area contributed by atoms with Crippen LogP contribution in [0.15, 0.2) is 140 Å². The van der Waals surface area contributed by atoms with Gasteiger partial charge in [0.15, 0.2) is 0 Å². The summed E-state index contributed by atoms with van der Waals surface area (Å²) in [6, 6.07) is 51.7. The fourth-order valence-corrected chi connectivity index (χ4v) is 6.49. The molecule has 0 unspecified atom stereocenters. The van der Waals surface area contributed by atoms with E-state index in [1.54, 1.807) is 5.56 Å². The van der Waals surface area contributed by atoms with Crippen molar-refractivity contribution in [1.82, 2.24) is 0 Å². The molecule has 0 fully saturated rings. The molecule has 0 amide bonds. The minimum absolute atomic E-state index is 0.124. The lowest BCUT2D eigenvalue weighted by molar-refractivity contribution is 0.529. The predicted molar refractivity (Wildman–Crippen MR) is 151 cm³/mol. The Kier molecular flexibility index (Phi) is 6.26. The van der Waals surface area contributed by atoms with Gasteiger partial charge in [-0.25, -0.2) is 0 Å². The van der Waals surface area contributed by atoms with Crippen molar-refractivity contribution in [3.63, 3.8) is 0 Å². The van der Waals surface area contributed by atoms with E-state index in [0.717, 1.165) is 6.42 Å². The molecule has 0 nitrogen and oxygen atoms in total. The Balaban J connectivity index is 1.77. The van der Waals surface area contributed by atoms with Crippen LogP contribution in [0.5, 0.6) is 0 Å². The second kappa shape index (κ2) is 9.99. The largest absolute Gasteiger partial charge is 0.0622 e. The van der Waals surface area contributed by atoms with E-state index >= 15 is 0 Å². The second-order valence-electron chi connectivity index (χ2n) is 9.94. The van der Waals surface area contributed by atoms with Crippen LogP contribution in [0.1, 0.15) is 57.7 Å². The Hall–Kier alpha value is -3.90. The third kappa shape index (κ3) is 3.88. The highest BCUT2D eigenvalue weighted by Crippen LogP contribution is 2.53. The molecule has 0 N–H and O–H groups in total. The first-order chi connectivity index (χ1) is 17.9. The summed E-state index contributed by atoms with van der Waals surface area (Å²) in [5.41, 5.74) is 9.49. The van der Waals surface area contributed by atoms with Crippen molar-refractivity contribution in [3.8, 4) is 0 Å². The molecule has 0 heteroatoms. The molecule has 5 aromatic carbocycles. The maximum absolute atomic E-state index is 2.41. The Morgan fingerprint density at radius 3 is 1.44 bits per heavy atom. The minimum atomic E-state index is -0.391. The average Bonchev–Trinajstić information content (AvgIpc) is 2.97. The van der Waals surface area contributed by atoms with Gasteiger partial charge in [-0.15, -0.1) is 0 Å². The third-order valence-corrected chi connectivity index (χ3v) is 8.00. The molecular formula is C36H32. The molecule has 0 aromatic heterocycles. The van der Waals surface area contributed by atoms with E-state index in [-0.39, 0.29) is 5.92 Å². The van der Waals surface area contributed by atoms with Crippen LogP contribution in [-0.4, -0.2) is 0 Å². The van der Waals surface area contributed by atoms with Gasteiger partial charge in [-0.1, -0.05) is 140 Å². The molecule has 0 saturated heterocycles. The van der Waals surface area contributed by atoms with E-state index in [1.807, 2.05) is 0 Å². The van der Waals surface area contributed by atoms with Gasteiger partial charge in [-0.2, -0.15) is 0 Å². The SMILES string of the molecule is c1ccc([C@@H](c2cccc3c2CCCC3)C(c2ccccc2)(c2ccccc2)c2ccccc2)cc1. The first-order valence-electron chi connectivity index (χ1n) is 13.2. The molecule has 0 bridgehead atoms. The lowest BCUT2D eigenvalue weighted by Crippen LogP contribution is -2.38. The summed E-state index contributed by atoms with van der Waals surface area (Å²) in [5.74, 6) is 0.124. The standard InChI is InChI=1S/C36H32/c1-5-17-29(18-6-1)35(34-27-15-19-28-16-13-14-26-33(28)34)36(30-20-7-2-8-21-30,31-22-9-3-10-23-31)32-24-11-4-12-25-32/h1-12,15,17-25,27,35H,13-14,16,26H2/t35-/m0/s1. The number of hydrogen-bond donors (Lipinski definition) is 0. The second-order valence-corrected chi connectivity index (χ2v) is 9.94. The van der Waals surface area contributed by atoms with Crippen molar-refractivity contribution >= 4 is 0 Å². The first-order valence-corrected chi connectivity index (χ1v) is 13.2. The molecule has 1 atom stereocenters. The predicted octanol–water partition coefficient (Wildman–Crippen LogP) is 8.73. The molecule has 6 rings (SSSR count). The van der Waals surface area contributed by atoms with E-state index < -0.39 is 5.41 Å². The summed E-state index contributed by atoms with van der Waals surface area (Å²) in [7, 11) is 0. The topological polar surface area (TPSA) is 0 Å². The summed E-state index contributed by atoms with van der Waals surface area (Å²) in [6.45, 7) is 0. The lowest BCUT2D eigenvalue weighted by Gasteiger charge is -2.44. The Bertz CT molecular complexity index is 1310. The molecule has 0 saturated carbocycles. The molecule has 176 valence electrons. The fourth-order valence-electron chi connectivity index (χ4n) is 6.49. The van der Waals surface area contributed by atoms with Gasteiger partial charge in [0.05, 0.1) is 5.41 Å². The number of benzene rings is 5. The molecule has 5 aromatic rings. The van der Waals surface area contributed by atoms with Crippen LogP contribution in [-0.2, 0) is 18.3 Å². The maximum Gasteiger partial charge on any atom is 0.0560 e. The highest BCUT2D eigenvalue weighted by molar-refractivity contribution is 5.60. The van der Waals surface area contributed by atoms with Crippen LogP contribution < -0.4 is 0 Å². The normalized spacial score (nSPS) is 14.1. The van der Waals surface area contributed by atoms with Crippen LogP contribution in [0.2, 0.25) is 0 Å². The molecule has 0 spiro atoms. The molecule has 1 aliphatic rings. The minimum Gasteiger partial charge on any atom is -0.0622 e. The van der Waals surface area contributed by atoms with Gasteiger partial charge < -0.3 is 0 Å². The Morgan fingerprint density at radius 1 is 0.444 bits per heavy atom. The van der Waals surface area contributed by atoms with Gasteiger partial charge >= 0.3 is 0 Å². The van der Waals surface area contributed by atoms with Crippen molar-refractivity contribution in [1.29, 1.82) is 0 Å². The van der Waals surface area contributed by atoms with Crippen molar-refractivity contribution in [2.45, 2.75) is 37.0 Å². The summed E-state index contributed by atoms with van der Waals surface area (Å²) in [5, 5.41) is 0. The molecule has 0 heterocycles. The maximum atomic E-state index is 2.41. The van der Waals surface area contributed by atoms with Crippen molar-refractivity contribution in [2.24, 2.45) is 0 Å². The highest BCUT2D eigenvalue weighted by atomic mass is 14.5. The lowest BCUT2D eigenvalue weighted by atomic mass is 9.57. The highest BCUT2D eigenvalue weighted by Gasteiger charge is 2.46. The van der Waals surface area contributed by atoms with Gasteiger partial charge in [0.2, 0.25) is 0 Å². The summed E-state index contributed by atoms with van der Waals surface area (Å²) in [6.07, 6.45) is 4.89. The smallest absolute Gasteiger partial charge is 0.0560 e. The first kappa shape index (κ1) is 22.6. The van der Waals surface area contributed by atoms with Crippen LogP contribution in [0.25, 0.3) is 0 Å². The van der Waals surface area contributed by atoms with Gasteiger partial charge in [0.1, 0.15) is 0 Å². The molecule has 0 radical (unpaired) electrons. The average molecular weight is 465 g/mol. The fraction of sp³-hybridized carbons (Fsp3) is 0.167. The Labute approximate surface area is 215 Å². The van der Waals surface area contributed by atoms with Crippen molar-refractivity contribution in [3.05, 3.63) is 178 Å². The van der Waals surface area contributed by atoms with Crippen LogP contribution in [0.3, 0.4) is 0 Å². The van der Waals surface area contributed by atoms with E-state index in [0.29, 0.717) is 0 Å². The summed E-state index contributed by atoms with van der Waals surface area (Å²) >= 11 is 0. The van der Waals surface area contributed by atoms with Gasteiger partial charge in [0.25, 0.3) is 0 Å². The van der Waals surface area contributed by atoms with E-state index in [9.17, 15) is 0 Å². The number of hydrogen-bond acceptors (Lipinski definition) is 0. The monoisotopic (exact) mass is 464 g/mol. The zero-order chi connectivity index (χ0) is 24.2. The number of rotatable bonds is 6. The van der Waals surface area contributed by atoms with Crippen molar-refractivity contribution in [2.75, 3.05) is 0 Å². The third-order valence-electron chi connectivity index (χ3n) is 8.00. The zero-order valence-corrected chi connectivity index (χ0v) is 20.7. The summed E-state index contributed by atoms with van der Waals surface area (Å²) in [4.78, 5) is 0. The quantitative estimate of drug-likeness (QED) is 0.220. The van der Waals surface area contributed by atoms with E-state index in [2.05, 4.69) is 140 Å². The van der Waals surface area contributed by atoms with Gasteiger partial charge in [0, 0.05) is 5.92 Å². The van der Waals surface area contributed by atoms with Gasteiger partial charge in [-0.05, 0) is 64.6 Å². The number of fused-ring (bicyclic) bond motifs is 1. The molecule has 1 aliphatic carbocycles. The molecule has 36 heavy (non-hydrogen) atoms. The molecule has 0 aliphatic heterocycles.